The number of aliphatic hydroxyl groups is 1. The maximum absolute atomic E-state index is 10.3. The number of aromatic nitrogens is 5. The van der Waals surface area contributed by atoms with Gasteiger partial charge in [-0.25, -0.2) is 4.68 Å². The van der Waals surface area contributed by atoms with E-state index in [1.165, 1.54) is 9.36 Å². The van der Waals surface area contributed by atoms with Crippen molar-refractivity contribution >= 4 is 11.5 Å². The molecule has 3 heterocycles. The summed E-state index contributed by atoms with van der Waals surface area (Å²) in [5.74, 6) is -0.182. The van der Waals surface area contributed by atoms with Gasteiger partial charge >= 0.3 is 0 Å². The van der Waals surface area contributed by atoms with E-state index in [0.717, 1.165) is 0 Å². The topological polar surface area (TPSA) is 92.5 Å². The van der Waals surface area contributed by atoms with Gasteiger partial charge in [-0.1, -0.05) is 6.07 Å². The van der Waals surface area contributed by atoms with Crippen LogP contribution in [0.25, 0.3) is 22.8 Å². The van der Waals surface area contributed by atoms with Crippen LogP contribution >= 0.6 is 0 Å². The van der Waals surface area contributed by atoms with Gasteiger partial charge in [-0.05, 0) is 24.3 Å². The molecule has 0 atom stereocenters. The molecule has 3 aromatic heterocycles. The van der Waals surface area contributed by atoms with Gasteiger partial charge in [-0.3, -0.25) is 9.67 Å². The lowest BCUT2D eigenvalue weighted by atomic mass is 10.3. The minimum absolute atomic E-state index is 0.0192. The highest BCUT2D eigenvalue weighted by Gasteiger charge is 2.15. The van der Waals surface area contributed by atoms with Crippen molar-refractivity contribution in [2.75, 3.05) is 0 Å². The van der Waals surface area contributed by atoms with E-state index in [4.69, 9.17) is 0 Å². The second-order valence-corrected chi connectivity index (χ2v) is 4.51. The molecular formula is C15H12N6O. The highest BCUT2D eigenvalue weighted by Crippen LogP contribution is 2.20. The smallest absolute Gasteiger partial charge is 0.185 e. The van der Waals surface area contributed by atoms with E-state index < -0.39 is 0 Å². The van der Waals surface area contributed by atoms with Crippen LogP contribution in [0, 0.1) is 11.3 Å². The van der Waals surface area contributed by atoms with Crippen LogP contribution in [0.15, 0.2) is 48.9 Å². The van der Waals surface area contributed by atoms with Gasteiger partial charge in [0.25, 0.3) is 0 Å². The Morgan fingerprint density at radius 2 is 2.05 bits per heavy atom. The van der Waals surface area contributed by atoms with Crippen LogP contribution in [-0.2, 0) is 7.05 Å². The molecule has 1 N–H and O–H groups in total. The second-order valence-electron chi connectivity index (χ2n) is 4.51. The molecule has 0 spiro atoms. The summed E-state index contributed by atoms with van der Waals surface area (Å²) in [6, 6.07) is 10.8. The minimum atomic E-state index is -0.182. The summed E-state index contributed by atoms with van der Waals surface area (Å²) >= 11 is 0. The number of nitrogens with zero attached hydrogens (tertiary/aromatic N) is 6. The van der Waals surface area contributed by atoms with Crippen LogP contribution in [0.5, 0.6) is 0 Å². The zero-order valence-electron chi connectivity index (χ0n) is 11.7. The number of aliphatic hydroxyl groups excluding tert-OH is 1. The van der Waals surface area contributed by atoms with E-state index in [-0.39, 0.29) is 11.5 Å². The molecule has 0 saturated carbocycles. The van der Waals surface area contributed by atoms with E-state index in [1.54, 1.807) is 37.8 Å². The third-order valence-electron chi connectivity index (χ3n) is 3.14. The van der Waals surface area contributed by atoms with Gasteiger partial charge in [0.2, 0.25) is 0 Å². The van der Waals surface area contributed by atoms with Crippen LogP contribution < -0.4 is 0 Å². The third kappa shape index (κ3) is 2.33. The average molecular weight is 292 g/mol. The predicted molar refractivity (Wildman–Crippen MR) is 80.0 cm³/mol. The Morgan fingerprint density at radius 1 is 1.18 bits per heavy atom. The SMILES string of the molecule is Cn1nccc1C(O)=C(C#N)n1ccc(-c2ccccn2)n1. The van der Waals surface area contributed by atoms with Crippen molar-refractivity contribution in [3.8, 4) is 17.5 Å². The Morgan fingerprint density at radius 3 is 2.68 bits per heavy atom. The first kappa shape index (κ1) is 13.6. The summed E-state index contributed by atoms with van der Waals surface area (Å²) in [5, 5.41) is 27.9. The molecular weight excluding hydrogens is 280 g/mol. The number of rotatable bonds is 3. The standard InChI is InChI=1S/C15H12N6O/c1-20-13(5-8-18-20)15(22)14(10-16)21-9-6-12(19-21)11-4-2-3-7-17-11/h2-9,22H,1H3. The second kappa shape index (κ2) is 5.54. The van der Waals surface area contributed by atoms with Crippen LogP contribution in [0.2, 0.25) is 0 Å². The molecule has 3 rings (SSSR count). The van der Waals surface area contributed by atoms with Crippen molar-refractivity contribution in [2.45, 2.75) is 0 Å². The summed E-state index contributed by atoms with van der Waals surface area (Å²) in [4.78, 5) is 4.20. The summed E-state index contributed by atoms with van der Waals surface area (Å²) in [7, 11) is 1.68. The molecule has 0 aliphatic heterocycles. The highest BCUT2D eigenvalue weighted by molar-refractivity contribution is 5.83. The first-order valence-electron chi connectivity index (χ1n) is 6.50. The molecule has 0 radical (unpaired) electrons. The monoisotopic (exact) mass is 292 g/mol. The van der Waals surface area contributed by atoms with Crippen LogP contribution in [-0.4, -0.2) is 29.7 Å². The van der Waals surface area contributed by atoms with E-state index in [0.29, 0.717) is 17.1 Å². The summed E-state index contributed by atoms with van der Waals surface area (Å²) in [6.45, 7) is 0. The largest absolute Gasteiger partial charge is 0.503 e. The molecule has 0 unspecified atom stereocenters. The summed E-state index contributed by atoms with van der Waals surface area (Å²) in [6.07, 6.45) is 4.82. The molecule has 22 heavy (non-hydrogen) atoms. The van der Waals surface area contributed by atoms with Crippen LogP contribution in [0.4, 0.5) is 0 Å². The van der Waals surface area contributed by atoms with Crippen molar-refractivity contribution in [2.24, 2.45) is 7.05 Å². The maximum Gasteiger partial charge on any atom is 0.185 e. The Bertz CT molecular complexity index is 869. The third-order valence-corrected chi connectivity index (χ3v) is 3.14. The van der Waals surface area contributed by atoms with Crippen molar-refractivity contribution < 1.29 is 5.11 Å². The van der Waals surface area contributed by atoms with Gasteiger partial charge in [0.05, 0.1) is 5.69 Å². The average Bonchev–Trinajstić information content (AvgIpc) is 3.18. The maximum atomic E-state index is 10.3. The fourth-order valence-electron chi connectivity index (χ4n) is 2.04. The van der Waals surface area contributed by atoms with Crippen molar-refractivity contribution in [3.63, 3.8) is 0 Å². The van der Waals surface area contributed by atoms with E-state index >= 15 is 0 Å². The predicted octanol–water partition coefficient (Wildman–Crippen LogP) is 2.09. The molecule has 0 bridgehead atoms. The fraction of sp³-hybridized carbons (Fsp3) is 0.0667. The lowest BCUT2D eigenvalue weighted by molar-refractivity contribution is 0.500. The van der Waals surface area contributed by atoms with Gasteiger partial charge in [0.1, 0.15) is 17.5 Å². The Balaban J connectivity index is 2.05. The van der Waals surface area contributed by atoms with Crippen molar-refractivity contribution in [1.29, 1.82) is 5.26 Å². The lowest BCUT2D eigenvalue weighted by Crippen LogP contribution is -2.04. The molecule has 7 nitrogen and oxygen atoms in total. The van der Waals surface area contributed by atoms with E-state index in [2.05, 4.69) is 15.2 Å². The summed E-state index contributed by atoms with van der Waals surface area (Å²) in [5.41, 5.74) is 1.77. The normalized spacial score (nSPS) is 11.8. The molecule has 108 valence electrons. The van der Waals surface area contributed by atoms with Gasteiger partial charge < -0.3 is 5.11 Å². The quantitative estimate of drug-likeness (QED) is 0.589. The highest BCUT2D eigenvalue weighted by atomic mass is 16.3. The Kier molecular flexibility index (Phi) is 3.42. The van der Waals surface area contributed by atoms with E-state index in [1.807, 2.05) is 24.3 Å². The first-order chi connectivity index (χ1) is 10.7. The summed E-state index contributed by atoms with van der Waals surface area (Å²) < 4.78 is 2.81. The minimum Gasteiger partial charge on any atom is -0.503 e. The zero-order valence-corrected chi connectivity index (χ0v) is 11.7. The van der Waals surface area contributed by atoms with Crippen molar-refractivity contribution in [1.82, 2.24) is 24.5 Å². The number of hydrogen-bond donors (Lipinski definition) is 1. The Hall–Kier alpha value is -3.40. The fourth-order valence-corrected chi connectivity index (χ4v) is 2.04. The van der Waals surface area contributed by atoms with Gasteiger partial charge in [0.15, 0.2) is 11.5 Å². The molecule has 7 heteroatoms. The Labute approximate surface area is 126 Å². The molecule has 3 aromatic rings. The number of pyridine rings is 1. The molecule has 0 aliphatic carbocycles. The number of allylic oxidation sites excluding steroid dienone is 1. The molecule has 0 saturated heterocycles. The molecule has 0 aromatic carbocycles. The van der Waals surface area contributed by atoms with Gasteiger partial charge in [-0.15, -0.1) is 0 Å². The number of hydrogen-bond acceptors (Lipinski definition) is 5. The van der Waals surface area contributed by atoms with Crippen molar-refractivity contribution in [3.05, 3.63) is 54.6 Å². The van der Waals surface area contributed by atoms with Gasteiger partial charge in [-0.2, -0.15) is 15.5 Å². The van der Waals surface area contributed by atoms with Gasteiger partial charge in [0, 0.05) is 25.6 Å². The van der Waals surface area contributed by atoms with Crippen LogP contribution in [0.1, 0.15) is 5.69 Å². The number of nitriles is 1. The number of aryl methyl sites for hydroxylation is 1. The molecule has 0 aliphatic rings. The molecule has 0 amide bonds. The van der Waals surface area contributed by atoms with Crippen LogP contribution in [0.3, 0.4) is 0 Å². The van der Waals surface area contributed by atoms with E-state index in [9.17, 15) is 10.4 Å². The lowest BCUT2D eigenvalue weighted by Gasteiger charge is -2.04. The first-order valence-corrected chi connectivity index (χ1v) is 6.50. The molecule has 0 fully saturated rings. The zero-order chi connectivity index (χ0) is 15.5.